The van der Waals surface area contributed by atoms with Gasteiger partial charge in [-0.2, -0.15) is 5.26 Å². The lowest BCUT2D eigenvalue weighted by molar-refractivity contribution is 0.348. The minimum absolute atomic E-state index is 0.531. The SMILES string of the molecule is COc1cc(OC)c(OC)cc1/C=C(\C#N)c1ccc(Br)cc1. The van der Waals surface area contributed by atoms with Gasteiger partial charge < -0.3 is 14.2 Å². The van der Waals surface area contributed by atoms with Gasteiger partial charge in [0.2, 0.25) is 0 Å². The van der Waals surface area contributed by atoms with Crippen LogP contribution in [0.15, 0.2) is 40.9 Å². The summed E-state index contributed by atoms with van der Waals surface area (Å²) in [6.07, 6.45) is 1.77. The molecule has 5 heteroatoms. The molecule has 0 amide bonds. The van der Waals surface area contributed by atoms with E-state index in [1.165, 1.54) is 0 Å². The van der Waals surface area contributed by atoms with Gasteiger partial charge >= 0.3 is 0 Å². The summed E-state index contributed by atoms with van der Waals surface area (Å²) >= 11 is 3.39. The second kappa shape index (κ2) is 7.70. The van der Waals surface area contributed by atoms with Gasteiger partial charge in [-0.15, -0.1) is 0 Å². The van der Waals surface area contributed by atoms with Crippen LogP contribution in [0.5, 0.6) is 17.2 Å². The smallest absolute Gasteiger partial charge is 0.164 e. The Bertz CT molecular complexity index is 761. The summed E-state index contributed by atoms with van der Waals surface area (Å²) < 4.78 is 16.9. The van der Waals surface area contributed by atoms with Crippen molar-refractivity contribution in [2.45, 2.75) is 0 Å². The summed E-state index contributed by atoms with van der Waals surface area (Å²) in [6, 6.07) is 13.3. The molecule has 0 aliphatic carbocycles. The van der Waals surface area contributed by atoms with E-state index in [0.29, 0.717) is 22.8 Å². The number of hydrogen-bond acceptors (Lipinski definition) is 4. The molecule has 0 spiro atoms. The van der Waals surface area contributed by atoms with Crippen LogP contribution >= 0.6 is 15.9 Å². The van der Waals surface area contributed by atoms with Gasteiger partial charge in [0.1, 0.15) is 5.75 Å². The number of benzene rings is 2. The number of ether oxygens (including phenoxy) is 3. The fraction of sp³-hybridized carbons (Fsp3) is 0.167. The zero-order chi connectivity index (χ0) is 16.8. The average molecular weight is 374 g/mol. The van der Waals surface area contributed by atoms with Crippen molar-refractivity contribution in [2.75, 3.05) is 21.3 Å². The van der Waals surface area contributed by atoms with E-state index >= 15 is 0 Å². The van der Waals surface area contributed by atoms with Crippen molar-refractivity contribution in [2.24, 2.45) is 0 Å². The van der Waals surface area contributed by atoms with Crippen molar-refractivity contribution in [3.8, 4) is 23.3 Å². The van der Waals surface area contributed by atoms with E-state index in [1.54, 1.807) is 39.5 Å². The van der Waals surface area contributed by atoms with E-state index < -0.39 is 0 Å². The Kier molecular flexibility index (Phi) is 5.67. The first-order valence-corrected chi connectivity index (χ1v) is 7.60. The van der Waals surface area contributed by atoms with Gasteiger partial charge in [-0.05, 0) is 29.8 Å². The lowest BCUT2D eigenvalue weighted by atomic mass is 10.0. The summed E-state index contributed by atoms with van der Waals surface area (Å²) in [5, 5.41) is 9.47. The first-order chi connectivity index (χ1) is 11.1. The summed E-state index contributed by atoms with van der Waals surface area (Å²) in [7, 11) is 4.71. The van der Waals surface area contributed by atoms with Gasteiger partial charge in [0.15, 0.2) is 11.5 Å². The summed E-state index contributed by atoms with van der Waals surface area (Å²) in [5.74, 6) is 1.75. The third-order valence-corrected chi connectivity index (χ3v) is 3.84. The van der Waals surface area contributed by atoms with E-state index in [9.17, 15) is 5.26 Å². The van der Waals surface area contributed by atoms with Crippen LogP contribution < -0.4 is 14.2 Å². The van der Waals surface area contributed by atoms with Crippen LogP contribution in [0.25, 0.3) is 11.6 Å². The van der Waals surface area contributed by atoms with Crippen LogP contribution in [0.4, 0.5) is 0 Å². The van der Waals surface area contributed by atoms with Crippen molar-refractivity contribution in [3.63, 3.8) is 0 Å². The molecule has 2 aromatic carbocycles. The molecule has 0 aliphatic rings. The molecule has 0 aromatic heterocycles. The maximum absolute atomic E-state index is 9.47. The Morgan fingerprint density at radius 1 is 0.957 bits per heavy atom. The largest absolute Gasteiger partial charge is 0.496 e. The van der Waals surface area contributed by atoms with E-state index in [2.05, 4.69) is 22.0 Å². The van der Waals surface area contributed by atoms with Gasteiger partial charge in [-0.3, -0.25) is 0 Å². The molecule has 0 fully saturated rings. The molecule has 0 N–H and O–H groups in total. The molecule has 0 bridgehead atoms. The molecule has 0 atom stereocenters. The third kappa shape index (κ3) is 3.85. The van der Waals surface area contributed by atoms with Crippen molar-refractivity contribution in [1.29, 1.82) is 5.26 Å². The Morgan fingerprint density at radius 3 is 2.04 bits per heavy atom. The van der Waals surface area contributed by atoms with Crippen molar-refractivity contribution >= 4 is 27.6 Å². The summed E-state index contributed by atoms with van der Waals surface area (Å²) in [6.45, 7) is 0. The van der Waals surface area contributed by atoms with Crippen molar-refractivity contribution in [3.05, 3.63) is 52.0 Å². The van der Waals surface area contributed by atoms with Crippen molar-refractivity contribution in [1.82, 2.24) is 0 Å². The second-order valence-corrected chi connectivity index (χ2v) is 5.54. The molecule has 0 saturated heterocycles. The minimum atomic E-state index is 0.531. The Balaban J connectivity index is 2.55. The third-order valence-electron chi connectivity index (χ3n) is 3.31. The molecule has 2 aromatic rings. The molecule has 0 aliphatic heterocycles. The molecular weight excluding hydrogens is 358 g/mol. The van der Waals surface area contributed by atoms with Crippen LogP contribution in [0.3, 0.4) is 0 Å². The maximum atomic E-state index is 9.47. The lowest BCUT2D eigenvalue weighted by Crippen LogP contribution is -1.95. The van der Waals surface area contributed by atoms with E-state index in [-0.39, 0.29) is 0 Å². The Hall–Kier alpha value is -2.45. The highest BCUT2D eigenvalue weighted by Crippen LogP contribution is 2.36. The van der Waals surface area contributed by atoms with Gasteiger partial charge in [0.05, 0.1) is 33.0 Å². The van der Waals surface area contributed by atoms with E-state index in [4.69, 9.17) is 14.2 Å². The maximum Gasteiger partial charge on any atom is 0.164 e. The number of halogens is 1. The molecular formula is C18H16BrNO3. The number of rotatable bonds is 5. The highest BCUT2D eigenvalue weighted by atomic mass is 79.9. The van der Waals surface area contributed by atoms with Crippen LogP contribution in [0, 0.1) is 11.3 Å². The number of methoxy groups -OCH3 is 3. The number of nitrogens with zero attached hydrogens (tertiary/aromatic N) is 1. The molecule has 118 valence electrons. The highest BCUT2D eigenvalue weighted by molar-refractivity contribution is 9.10. The molecule has 0 radical (unpaired) electrons. The topological polar surface area (TPSA) is 51.5 Å². The lowest BCUT2D eigenvalue weighted by Gasteiger charge is -2.12. The molecule has 2 rings (SSSR count). The second-order valence-electron chi connectivity index (χ2n) is 4.63. The van der Waals surface area contributed by atoms with Gasteiger partial charge in [-0.1, -0.05) is 28.1 Å². The first-order valence-electron chi connectivity index (χ1n) is 6.80. The number of allylic oxidation sites excluding steroid dienone is 1. The fourth-order valence-electron chi connectivity index (χ4n) is 2.13. The number of nitriles is 1. The highest BCUT2D eigenvalue weighted by Gasteiger charge is 2.12. The number of hydrogen-bond donors (Lipinski definition) is 0. The quantitative estimate of drug-likeness (QED) is 0.570. The van der Waals surface area contributed by atoms with Crippen LogP contribution in [-0.4, -0.2) is 21.3 Å². The summed E-state index contributed by atoms with van der Waals surface area (Å²) in [5.41, 5.74) is 2.10. The van der Waals surface area contributed by atoms with Gasteiger partial charge in [0.25, 0.3) is 0 Å². The standard InChI is InChI=1S/C18H16BrNO3/c1-21-16-10-18(23-3)17(22-2)9-13(16)8-14(11-20)12-4-6-15(19)7-5-12/h4-10H,1-3H3/b14-8+. The van der Waals surface area contributed by atoms with Crippen molar-refractivity contribution < 1.29 is 14.2 Å². The monoisotopic (exact) mass is 373 g/mol. The molecule has 0 unspecified atom stereocenters. The average Bonchev–Trinajstić information content (AvgIpc) is 2.59. The minimum Gasteiger partial charge on any atom is -0.496 e. The molecule has 0 heterocycles. The van der Waals surface area contributed by atoms with E-state index in [0.717, 1.165) is 15.6 Å². The normalized spacial score (nSPS) is 10.8. The van der Waals surface area contributed by atoms with Crippen LogP contribution in [-0.2, 0) is 0 Å². The zero-order valence-electron chi connectivity index (χ0n) is 13.1. The Morgan fingerprint density at radius 2 is 1.52 bits per heavy atom. The molecule has 0 saturated carbocycles. The molecule has 23 heavy (non-hydrogen) atoms. The first kappa shape index (κ1) is 16.9. The van der Waals surface area contributed by atoms with Crippen LogP contribution in [0.2, 0.25) is 0 Å². The van der Waals surface area contributed by atoms with Crippen LogP contribution in [0.1, 0.15) is 11.1 Å². The predicted octanol–water partition coefficient (Wildman–Crippen LogP) is 4.54. The Labute approximate surface area is 144 Å². The predicted molar refractivity (Wildman–Crippen MR) is 93.7 cm³/mol. The summed E-state index contributed by atoms with van der Waals surface area (Å²) in [4.78, 5) is 0. The zero-order valence-corrected chi connectivity index (χ0v) is 14.7. The fourth-order valence-corrected chi connectivity index (χ4v) is 2.40. The van der Waals surface area contributed by atoms with E-state index in [1.807, 2.05) is 24.3 Å². The van der Waals surface area contributed by atoms with Gasteiger partial charge in [-0.25, -0.2) is 0 Å². The molecule has 4 nitrogen and oxygen atoms in total. The van der Waals surface area contributed by atoms with Gasteiger partial charge in [0, 0.05) is 16.1 Å².